The Hall–Kier alpha value is -0.980. The van der Waals surface area contributed by atoms with Gasteiger partial charge in [-0.1, -0.05) is 0 Å². The number of carbonyl (C=O) groups excluding carboxylic acids is 1. The standard InChI is InChI=1S/C12H18N4OS/c17-11(15-12-14-4-5-18-12)8-16-6-9-2-1-3-13-10(9)7-16/h4-5,9-10,13H,1-3,6-8H2,(H,14,15,17)/t9-,10+/m0/s1. The van der Waals surface area contributed by atoms with E-state index in [-0.39, 0.29) is 5.91 Å². The average molecular weight is 266 g/mol. The van der Waals surface area contributed by atoms with E-state index in [9.17, 15) is 4.79 Å². The second-order valence-electron chi connectivity index (χ2n) is 5.04. The number of fused-ring (bicyclic) bond motifs is 1. The lowest BCUT2D eigenvalue weighted by Crippen LogP contribution is -2.41. The summed E-state index contributed by atoms with van der Waals surface area (Å²) in [6.07, 6.45) is 4.26. The van der Waals surface area contributed by atoms with Gasteiger partial charge in [-0.3, -0.25) is 9.69 Å². The molecular weight excluding hydrogens is 248 g/mol. The van der Waals surface area contributed by atoms with Crippen molar-refractivity contribution in [1.82, 2.24) is 15.2 Å². The first-order chi connectivity index (χ1) is 8.81. The van der Waals surface area contributed by atoms with Crippen LogP contribution in [0.2, 0.25) is 0 Å². The van der Waals surface area contributed by atoms with Crippen LogP contribution >= 0.6 is 11.3 Å². The first-order valence-electron chi connectivity index (χ1n) is 6.46. The Kier molecular flexibility index (Phi) is 3.58. The molecule has 2 saturated heterocycles. The number of hydrogen-bond donors (Lipinski definition) is 2. The molecule has 2 fully saturated rings. The van der Waals surface area contributed by atoms with Crippen molar-refractivity contribution in [2.24, 2.45) is 5.92 Å². The largest absolute Gasteiger partial charge is 0.312 e. The van der Waals surface area contributed by atoms with Crippen molar-refractivity contribution in [2.45, 2.75) is 18.9 Å². The topological polar surface area (TPSA) is 57.3 Å². The molecule has 2 N–H and O–H groups in total. The SMILES string of the molecule is O=C(CN1C[C@@H]2CCCN[C@@H]2C1)Nc1nccs1. The quantitative estimate of drug-likeness (QED) is 0.848. The van der Waals surface area contributed by atoms with E-state index >= 15 is 0 Å². The monoisotopic (exact) mass is 266 g/mol. The summed E-state index contributed by atoms with van der Waals surface area (Å²) in [7, 11) is 0. The van der Waals surface area contributed by atoms with Gasteiger partial charge in [-0.15, -0.1) is 11.3 Å². The highest BCUT2D eigenvalue weighted by molar-refractivity contribution is 7.13. The van der Waals surface area contributed by atoms with Crippen LogP contribution in [0.5, 0.6) is 0 Å². The van der Waals surface area contributed by atoms with Gasteiger partial charge in [0.2, 0.25) is 5.91 Å². The minimum atomic E-state index is 0.0450. The number of aromatic nitrogens is 1. The highest BCUT2D eigenvalue weighted by Gasteiger charge is 2.34. The van der Waals surface area contributed by atoms with E-state index < -0.39 is 0 Å². The fourth-order valence-electron chi connectivity index (χ4n) is 2.91. The molecule has 2 aliphatic rings. The van der Waals surface area contributed by atoms with Gasteiger partial charge in [-0.2, -0.15) is 0 Å². The minimum absolute atomic E-state index is 0.0450. The second kappa shape index (κ2) is 5.34. The summed E-state index contributed by atoms with van der Waals surface area (Å²) in [4.78, 5) is 18.2. The maximum atomic E-state index is 11.9. The molecule has 1 amide bonds. The molecule has 6 heteroatoms. The second-order valence-corrected chi connectivity index (χ2v) is 5.94. The minimum Gasteiger partial charge on any atom is -0.312 e. The summed E-state index contributed by atoms with van der Waals surface area (Å²) < 4.78 is 0. The molecule has 0 saturated carbocycles. The third-order valence-electron chi connectivity index (χ3n) is 3.72. The van der Waals surface area contributed by atoms with Crippen LogP contribution in [-0.4, -0.2) is 48.0 Å². The molecule has 3 rings (SSSR count). The van der Waals surface area contributed by atoms with Crippen molar-refractivity contribution in [3.05, 3.63) is 11.6 Å². The highest BCUT2D eigenvalue weighted by atomic mass is 32.1. The molecule has 0 unspecified atom stereocenters. The van der Waals surface area contributed by atoms with Crippen molar-refractivity contribution in [3.8, 4) is 0 Å². The molecule has 0 spiro atoms. The summed E-state index contributed by atoms with van der Waals surface area (Å²) >= 11 is 1.46. The molecule has 0 radical (unpaired) electrons. The van der Waals surface area contributed by atoms with Crippen LogP contribution < -0.4 is 10.6 Å². The van der Waals surface area contributed by atoms with E-state index in [1.54, 1.807) is 6.20 Å². The maximum Gasteiger partial charge on any atom is 0.240 e. The first kappa shape index (κ1) is 12.1. The number of anilines is 1. The van der Waals surface area contributed by atoms with Crippen molar-refractivity contribution >= 4 is 22.4 Å². The first-order valence-corrected chi connectivity index (χ1v) is 7.34. The van der Waals surface area contributed by atoms with Crippen LogP contribution in [-0.2, 0) is 4.79 Å². The van der Waals surface area contributed by atoms with E-state index in [0.29, 0.717) is 17.7 Å². The molecule has 18 heavy (non-hydrogen) atoms. The Balaban J connectivity index is 1.50. The number of rotatable bonds is 3. The lowest BCUT2D eigenvalue weighted by molar-refractivity contribution is -0.117. The zero-order chi connectivity index (χ0) is 12.4. The fourth-order valence-corrected chi connectivity index (χ4v) is 3.46. The van der Waals surface area contributed by atoms with Gasteiger partial charge in [0.25, 0.3) is 0 Å². The molecule has 2 atom stereocenters. The van der Waals surface area contributed by atoms with E-state index in [0.717, 1.165) is 25.6 Å². The van der Waals surface area contributed by atoms with E-state index in [1.807, 2.05) is 5.38 Å². The fraction of sp³-hybridized carbons (Fsp3) is 0.667. The van der Waals surface area contributed by atoms with Crippen LogP contribution in [0.1, 0.15) is 12.8 Å². The van der Waals surface area contributed by atoms with Gasteiger partial charge in [0, 0.05) is 30.7 Å². The van der Waals surface area contributed by atoms with Gasteiger partial charge >= 0.3 is 0 Å². The summed E-state index contributed by atoms with van der Waals surface area (Å²) in [5, 5.41) is 8.94. The lowest BCUT2D eigenvalue weighted by atomic mass is 9.94. The van der Waals surface area contributed by atoms with Gasteiger partial charge < -0.3 is 10.6 Å². The van der Waals surface area contributed by atoms with Gasteiger partial charge in [0.15, 0.2) is 5.13 Å². The van der Waals surface area contributed by atoms with Crippen LogP contribution in [0.3, 0.4) is 0 Å². The zero-order valence-corrected chi connectivity index (χ0v) is 11.1. The van der Waals surface area contributed by atoms with E-state index in [4.69, 9.17) is 0 Å². The summed E-state index contributed by atoms with van der Waals surface area (Å²) in [6, 6.07) is 0.589. The molecule has 98 valence electrons. The molecule has 0 bridgehead atoms. The van der Waals surface area contributed by atoms with Gasteiger partial charge in [-0.25, -0.2) is 4.98 Å². The Morgan fingerprint density at radius 2 is 2.56 bits per heavy atom. The van der Waals surface area contributed by atoms with Crippen LogP contribution in [0.25, 0.3) is 0 Å². The summed E-state index contributed by atoms with van der Waals surface area (Å²) in [6.45, 7) is 3.65. The smallest absolute Gasteiger partial charge is 0.240 e. The molecule has 1 aromatic rings. The molecule has 3 heterocycles. The molecule has 0 aliphatic carbocycles. The zero-order valence-electron chi connectivity index (χ0n) is 10.3. The Bertz CT molecular complexity index is 394. The molecule has 0 aromatic carbocycles. The van der Waals surface area contributed by atoms with Gasteiger partial charge in [0.05, 0.1) is 6.54 Å². The molecule has 1 aromatic heterocycles. The summed E-state index contributed by atoms with van der Waals surface area (Å²) in [5.41, 5.74) is 0. The number of thiazole rings is 1. The average Bonchev–Trinajstić information content (AvgIpc) is 2.96. The highest BCUT2D eigenvalue weighted by Crippen LogP contribution is 2.24. The third-order valence-corrected chi connectivity index (χ3v) is 4.41. The van der Waals surface area contributed by atoms with E-state index in [2.05, 4.69) is 20.5 Å². The Morgan fingerprint density at radius 3 is 3.33 bits per heavy atom. The molecular formula is C12H18N4OS. The number of likely N-dealkylation sites (tertiary alicyclic amines) is 1. The Labute approximate surface area is 111 Å². The normalized spacial score (nSPS) is 28.0. The van der Waals surface area contributed by atoms with Gasteiger partial charge in [-0.05, 0) is 25.3 Å². The molecule has 5 nitrogen and oxygen atoms in total. The number of carbonyl (C=O) groups is 1. The van der Waals surface area contributed by atoms with Crippen molar-refractivity contribution < 1.29 is 4.79 Å². The van der Waals surface area contributed by atoms with Crippen LogP contribution in [0, 0.1) is 5.92 Å². The summed E-state index contributed by atoms with van der Waals surface area (Å²) in [5.74, 6) is 0.773. The van der Waals surface area contributed by atoms with Crippen molar-refractivity contribution in [2.75, 3.05) is 31.5 Å². The predicted molar refractivity (Wildman–Crippen MR) is 71.7 cm³/mol. The molecule has 2 aliphatic heterocycles. The van der Waals surface area contributed by atoms with Crippen molar-refractivity contribution in [3.63, 3.8) is 0 Å². The van der Waals surface area contributed by atoms with Crippen LogP contribution in [0.4, 0.5) is 5.13 Å². The maximum absolute atomic E-state index is 11.9. The third kappa shape index (κ3) is 2.71. The number of hydrogen-bond acceptors (Lipinski definition) is 5. The number of nitrogens with zero attached hydrogens (tertiary/aromatic N) is 2. The van der Waals surface area contributed by atoms with Crippen LogP contribution in [0.15, 0.2) is 11.6 Å². The lowest BCUT2D eigenvalue weighted by Gasteiger charge is -2.24. The predicted octanol–water partition coefficient (Wildman–Crippen LogP) is 0.765. The number of nitrogens with one attached hydrogen (secondary N) is 2. The Morgan fingerprint density at radius 1 is 1.61 bits per heavy atom. The number of piperidine rings is 1. The van der Waals surface area contributed by atoms with Crippen molar-refractivity contribution in [1.29, 1.82) is 0 Å². The van der Waals surface area contributed by atoms with Gasteiger partial charge in [0.1, 0.15) is 0 Å². The number of amides is 1. The van der Waals surface area contributed by atoms with E-state index in [1.165, 1.54) is 24.2 Å².